The van der Waals surface area contributed by atoms with Crippen LogP contribution in [0.5, 0.6) is 0 Å². The Morgan fingerprint density at radius 1 is 1.07 bits per heavy atom. The molecule has 0 nitrogen and oxygen atoms in total. The summed E-state index contributed by atoms with van der Waals surface area (Å²) in [6.07, 6.45) is 12.0. The zero-order valence-electron chi connectivity index (χ0n) is 10.1. The summed E-state index contributed by atoms with van der Waals surface area (Å²) in [4.78, 5) is 0. The summed E-state index contributed by atoms with van der Waals surface area (Å²) in [5.41, 5.74) is 2.27. The zero-order chi connectivity index (χ0) is 10.5. The van der Waals surface area contributed by atoms with Gasteiger partial charge in [-0.25, -0.2) is 0 Å². The fraction of sp³-hybridized carbons (Fsp3) is 0.867. The van der Waals surface area contributed by atoms with Gasteiger partial charge in [-0.05, 0) is 48.9 Å². The minimum absolute atomic E-state index is 0.718. The van der Waals surface area contributed by atoms with E-state index < -0.39 is 0 Å². The molecular formula is C15H24. The van der Waals surface area contributed by atoms with Crippen LogP contribution in [0.3, 0.4) is 0 Å². The van der Waals surface area contributed by atoms with E-state index in [1.54, 1.807) is 18.4 Å². The number of hydrogen-bond acceptors (Lipinski definition) is 0. The van der Waals surface area contributed by atoms with E-state index in [9.17, 15) is 0 Å². The molecule has 0 heterocycles. The molecule has 0 aromatic carbocycles. The zero-order valence-corrected chi connectivity index (χ0v) is 10.1. The van der Waals surface area contributed by atoms with Crippen LogP contribution in [0.25, 0.3) is 0 Å². The number of allylic oxidation sites excluding steroid dienone is 1. The van der Waals surface area contributed by atoms with Crippen molar-refractivity contribution in [1.82, 2.24) is 0 Å². The quantitative estimate of drug-likeness (QED) is 0.507. The molecule has 0 amide bonds. The van der Waals surface area contributed by atoms with E-state index in [0.29, 0.717) is 0 Å². The van der Waals surface area contributed by atoms with E-state index in [1.807, 2.05) is 0 Å². The molecule has 0 aromatic heterocycles. The largest absolute Gasteiger partial charge is 0.0996 e. The van der Waals surface area contributed by atoms with Crippen LogP contribution in [0.1, 0.15) is 58.3 Å². The molecule has 3 rings (SSSR count). The van der Waals surface area contributed by atoms with Crippen molar-refractivity contribution in [1.29, 1.82) is 0 Å². The Bertz CT molecular complexity index is 262. The minimum Gasteiger partial charge on any atom is -0.0996 e. The highest BCUT2D eigenvalue weighted by Gasteiger charge is 2.49. The van der Waals surface area contributed by atoms with Crippen LogP contribution >= 0.6 is 0 Å². The van der Waals surface area contributed by atoms with E-state index in [4.69, 9.17) is 0 Å². The van der Waals surface area contributed by atoms with Gasteiger partial charge in [-0.3, -0.25) is 0 Å². The molecular weight excluding hydrogens is 180 g/mol. The molecule has 0 radical (unpaired) electrons. The first-order valence-corrected chi connectivity index (χ1v) is 6.86. The van der Waals surface area contributed by atoms with Gasteiger partial charge in [-0.2, -0.15) is 0 Å². The third-order valence-corrected chi connectivity index (χ3v) is 5.50. The van der Waals surface area contributed by atoms with Gasteiger partial charge in [0, 0.05) is 0 Å². The maximum absolute atomic E-state index is 4.27. The molecule has 3 fully saturated rings. The summed E-state index contributed by atoms with van der Waals surface area (Å²) < 4.78 is 0. The van der Waals surface area contributed by atoms with Gasteiger partial charge in [0.05, 0.1) is 0 Å². The summed E-state index contributed by atoms with van der Waals surface area (Å²) in [6, 6.07) is 0. The summed E-state index contributed by atoms with van der Waals surface area (Å²) in [5, 5.41) is 0. The standard InChI is InChI=1S/C15H24/c1-11-7-15(8-12(11)2)9-13-5-3-4-6-14(13)10-15/h12-14H,1,3-10H2,2H3/t12?,13-,14+,15?. The lowest BCUT2D eigenvalue weighted by atomic mass is 9.82. The molecule has 3 aliphatic rings. The van der Waals surface area contributed by atoms with Crippen molar-refractivity contribution in [2.45, 2.75) is 58.3 Å². The van der Waals surface area contributed by atoms with Gasteiger partial charge >= 0.3 is 0 Å². The van der Waals surface area contributed by atoms with E-state index in [0.717, 1.165) is 23.2 Å². The van der Waals surface area contributed by atoms with Crippen LogP contribution in [0.15, 0.2) is 12.2 Å². The first-order chi connectivity index (χ1) is 7.19. The van der Waals surface area contributed by atoms with Crippen molar-refractivity contribution in [2.24, 2.45) is 23.2 Å². The van der Waals surface area contributed by atoms with Gasteiger partial charge in [0.1, 0.15) is 0 Å². The Balaban J connectivity index is 1.77. The Morgan fingerprint density at radius 2 is 1.67 bits per heavy atom. The van der Waals surface area contributed by atoms with Gasteiger partial charge in [0.25, 0.3) is 0 Å². The molecule has 3 aliphatic carbocycles. The normalized spacial score (nSPS) is 49.9. The van der Waals surface area contributed by atoms with Gasteiger partial charge in [-0.15, -0.1) is 0 Å². The summed E-state index contributed by atoms with van der Waals surface area (Å²) in [7, 11) is 0. The average Bonchev–Trinajstić information content (AvgIpc) is 2.66. The molecule has 3 saturated carbocycles. The van der Waals surface area contributed by atoms with Crippen molar-refractivity contribution in [2.75, 3.05) is 0 Å². The van der Waals surface area contributed by atoms with Crippen LogP contribution in [-0.4, -0.2) is 0 Å². The number of rotatable bonds is 0. The molecule has 4 atom stereocenters. The van der Waals surface area contributed by atoms with Crippen LogP contribution in [0, 0.1) is 23.2 Å². The maximum Gasteiger partial charge on any atom is -0.0229 e. The summed E-state index contributed by atoms with van der Waals surface area (Å²) in [5.74, 6) is 3.00. The molecule has 0 aromatic rings. The number of hydrogen-bond donors (Lipinski definition) is 0. The topological polar surface area (TPSA) is 0 Å². The fourth-order valence-electron chi connectivity index (χ4n) is 4.85. The lowest BCUT2D eigenvalue weighted by Gasteiger charge is -2.24. The van der Waals surface area contributed by atoms with E-state index in [2.05, 4.69) is 13.5 Å². The van der Waals surface area contributed by atoms with Crippen LogP contribution < -0.4 is 0 Å². The highest BCUT2D eigenvalue weighted by molar-refractivity contribution is 5.15. The molecule has 2 unspecified atom stereocenters. The van der Waals surface area contributed by atoms with E-state index in [1.165, 1.54) is 38.5 Å². The first-order valence-electron chi connectivity index (χ1n) is 6.86. The fourth-order valence-corrected chi connectivity index (χ4v) is 4.85. The van der Waals surface area contributed by atoms with E-state index >= 15 is 0 Å². The smallest absolute Gasteiger partial charge is 0.0229 e. The van der Waals surface area contributed by atoms with Gasteiger partial charge in [0.2, 0.25) is 0 Å². The van der Waals surface area contributed by atoms with E-state index in [-0.39, 0.29) is 0 Å². The van der Waals surface area contributed by atoms with Crippen molar-refractivity contribution < 1.29 is 0 Å². The second kappa shape index (κ2) is 3.37. The Hall–Kier alpha value is -0.260. The van der Waals surface area contributed by atoms with Crippen molar-refractivity contribution >= 4 is 0 Å². The minimum atomic E-state index is 0.718. The average molecular weight is 204 g/mol. The molecule has 84 valence electrons. The Labute approximate surface area is 94.1 Å². The van der Waals surface area contributed by atoms with Gasteiger partial charge in [0.15, 0.2) is 0 Å². The molecule has 1 spiro atoms. The predicted molar refractivity (Wildman–Crippen MR) is 64.7 cm³/mol. The molecule has 0 bridgehead atoms. The van der Waals surface area contributed by atoms with Crippen LogP contribution in [-0.2, 0) is 0 Å². The Kier molecular flexibility index (Phi) is 2.23. The third-order valence-electron chi connectivity index (χ3n) is 5.50. The van der Waals surface area contributed by atoms with Crippen LogP contribution in [0.2, 0.25) is 0 Å². The highest BCUT2D eigenvalue weighted by atomic mass is 14.5. The monoisotopic (exact) mass is 204 g/mol. The lowest BCUT2D eigenvalue weighted by Crippen LogP contribution is -2.12. The summed E-state index contributed by atoms with van der Waals surface area (Å²) >= 11 is 0. The predicted octanol–water partition coefficient (Wildman–Crippen LogP) is 4.56. The van der Waals surface area contributed by atoms with Gasteiger partial charge in [-0.1, -0.05) is 44.8 Å². The lowest BCUT2D eigenvalue weighted by molar-refractivity contribution is 0.277. The third kappa shape index (κ3) is 1.57. The molecule has 0 N–H and O–H groups in total. The molecule has 0 saturated heterocycles. The molecule has 0 heteroatoms. The maximum atomic E-state index is 4.27. The van der Waals surface area contributed by atoms with Gasteiger partial charge < -0.3 is 0 Å². The Morgan fingerprint density at radius 3 is 2.13 bits per heavy atom. The van der Waals surface area contributed by atoms with Crippen molar-refractivity contribution in [3.05, 3.63) is 12.2 Å². The second-order valence-electron chi connectivity index (χ2n) is 6.65. The SMILES string of the molecule is C=C1CC2(CC1C)C[C@H]1CCCC[C@H]1C2. The molecule has 0 aliphatic heterocycles. The second-order valence-corrected chi connectivity index (χ2v) is 6.65. The van der Waals surface area contributed by atoms with Crippen LogP contribution in [0.4, 0.5) is 0 Å². The summed E-state index contributed by atoms with van der Waals surface area (Å²) in [6.45, 7) is 6.66. The van der Waals surface area contributed by atoms with Crippen molar-refractivity contribution in [3.63, 3.8) is 0 Å². The first kappa shape index (κ1) is 9.93. The molecule has 15 heavy (non-hydrogen) atoms. The highest BCUT2D eigenvalue weighted by Crippen LogP contribution is 2.60. The van der Waals surface area contributed by atoms with Crippen molar-refractivity contribution in [3.8, 4) is 0 Å². The number of fused-ring (bicyclic) bond motifs is 1.